The molecule has 0 radical (unpaired) electrons. The van der Waals surface area contributed by atoms with Gasteiger partial charge in [0.15, 0.2) is 11.5 Å². The summed E-state index contributed by atoms with van der Waals surface area (Å²) < 4.78 is 61.2. The minimum atomic E-state index is -3.15. The van der Waals surface area contributed by atoms with E-state index in [1.54, 1.807) is 6.92 Å². The molecule has 1 saturated heterocycles. The molecule has 3 N–H and O–H groups in total. The Morgan fingerprint density at radius 3 is 2.93 bits per heavy atom. The van der Waals surface area contributed by atoms with Gasteiger partial charge in [-0.1, -0.05) is 0 Å². The van der Waals surface area contributed by atoms with Crippen molar-refractivity contribution in [3.63, 3.8) is 0 Å². The zero-order valence-corrected chi connectivity index (χ0v) is 16.1. The normalized spacial score (nSPS) is 18.3. The van der Waals surface area contributed by atoms with Crippen LogP contribution in [0.1, 0.15) is 48.5 Å². The first-order chi connectivity index (χ1) is 16.3. The van der Waals surface area contributed by atoms with Crippen LogP contribution in [0.15, 0.2) is 23.1 Å². The summed E-state index contributed by atoms with van der Waals surface area (Å²) >= 11 is 0. The predicted molar refractivity (Wildman–Crippen MR) is 109 cm³/mol. The number of hydrogen-bond donors (Lipinski definition) is 2. The molecule has 10 heteroatoms. The first-order valence-electron chi connectivity index (χ1n) is 11.8. The summed E-state index contributed by atoms with van der Waals surface area (Å²) in [6.07, 6.45) is 1.96. The first kappa shape index (κ1) is 14.7. The lowest BCUT2D eigenvalue weighted by atomic mass is 10.1. The number of ether oxygens (including phenoxy) is 1. The topological polar surface area (TPSA) is 117 Å². The maximum absolute atomic E-state index is 14.8. The van der Waals surface area contributed by atoms with Crippen molar-refractivity contribution in [1.29, 1.82) is 0 Å². The Hall–Kier alpha value is -3.27. The molecule has 1 aliphatic heterocycles. The number of rotatable bonds is 5. The van der Waals surface area contributed by atoms with Crippen LogP contribution in [0.25, 0.3) is 11.2 Å². The fourth-order valence-electron chi connectivity index (χ4n) is 3.60. The number of anilines is 2. The van der Waals surface area contributed by atoms with Crippen LogP contribution in [0.3, 0.4) is 0 Å². The fourth-order valence-corrected chi connectivity index (χ4v) is 3.60. The van der Waals surface area contributed by atoms with Gasteiger partial charge in [-0.2, -0.15) is 4.98 Å². The third kappa shape index (κ3) is 3.43. The van der Waals surface area contributed by atoms with Gasteiger partial charge in [0, 0.05) is 32.6 Å². The average molecular weight is 419 g/mol. The minimum absolute atomic E-state index is 0.0179. The van der Waals surface area contributed by atoms with E-state index >= 15 is 0 Å². The summed E-state index contributed by atoms with van der Waals surface area (Å²) in [5.41, 5.74) is 4.29. The number of imidazole rings is 1. The van der Waals surface area contributed by atoms with Crippen LogP contribution in [0.5, 0.6) is 0 Å². The van der Waals surface area contributed by atoms with Crippen LogP contribution in [0.4, 0.5) is 16.0 Å². The summed E-state index contributed by atoms with van der Waals surface area (Å²) in [6.45, 7) is -3.84. The molecule has 1 aliphatic rings. The Morgan fingerprint density at radius 2 is 2.23 bits per heavy atom. The van der Waals surface area contributed by atoms with Crippen LogP contribution in [-0.4, -0.2) is 38.2 Å². The predicted octanol–water partition coefficient (Wildman–Crippen LogP) is 2.25. The van der Waals surface area contributed by atoms with Crippen molar-refractivity contribution in [3.05, 3.63) is 45.8 Å². The van der Waals surface area contributed by atoms with Gasteiger partial charge in [0.1, 0.15) is 5.52 Å². The number of benzene rings is 1. The van der Waals surface area contributed by atoms with E-state index in [2.05, 4.69) is 15.3 Å². The quantitative estimate of drug-likeness (QED) is 0.655. The molecule has 1 amide bonds. The van der Waals surface area contributed by atoms with Gasteiger partial charge in [-0.05, 0) is 44.3 Å². The smallest absolute Gasteiger partial charge is 0.330 e. The number of nitrogens with zero attached hydrogens (tertiary/aromatic N) is 4. The first-order valence-corrected chi connectivity index (χ1v) is 9.28. The van der Waals surface area contributed by atoms with E-state index < -0.39 is 36.8 Å². The molecular formula is C20H23FN6O3. The summed E-state index contributed by atoms with van der Waals surface area (Å²) in [7, 11) is 0. The van der Waals surface area contributed by atoms with Crippen LogP contribution < -0.4 is 16.7 Å². The fraction of sp³-hybridized carbons (Fsp3) is 0.400. The number of amides is 1. The number of nitrogens with one attached hydrogen (secondary N) is 1. The van der Waals surface area contributed by atoms with Crippen molar-refractivity contribution in [2.75, 3.05) is 18.5 Å². The molecule has 158 valence electrons. The van der Waals surface area contributed by atoms with E-state index in [1.165, 1.54) is 16.7 Å². The van der Waals surface area contributed by atoms with Crippen molar-refractivity contribution in [2.24, 2.45) is 5.73 Å². The third-order valence-corrected chi connectivity index (χ3v) is 5.01. The van der Waals surface area contributed by atoms with E-state index in [0.29, 0.717) is 36.2 Å². The van der Waals surface area contributed by atoms with Crippen LogP contribution in [0, 0.1) is 12.7 Å². The zero-order chi connectivity index (χ0) is 25.7. The zero-order valence-electron chi connectivity index (χ0n) is 21.1. The van der Waals surface area contributed by atoms with Gasteiger partial charge >= 0.3 is 5.69 Å². The molecule has 0 spiro atoms. The van der Waals surface area contributed by atoms with E-state index in [9.17, 15) is 14.0 Å². The lowest BCUT2D eigenvalue weighted by molar-refractivity contribution is 0.0694. The molecule has 1 aromatic carbocycles. The van der Waals surface area contributed by atoms with Crippen molar-refractivity contribution >= 4 is 28.7 Å². The van der Waals surface area contributed by atoms with Gasteiger partial charge in [0.25, 0.3) is 5.91 Å². The van der Waals surface area contributed by atoms with Gasteiger partial charge < -0.3 is 15.8 Å². The van der Waals surface area contributed by atoms with E-state index in [4.69, 9.17) is 17.3 Å². The molecule has 0 saturated carbocycles. The summed E-state index contributed by atoms with van der Waals surface area (Å²) in [5, 5.41) is 2.67. The highest BCUT2D eigenvalue weighted by atomic mass is 19.1. The van der Waals surface area contributed by atoms with Crippen molar-refractivity contribution in [3.8, 4) is 0 Å². The number of carbonyl (C=O) groups excluding carboxylic acids is 1. The molecule has 0 aliphatic carbocycles. The van der Waals surface area contributed by atoms with Crippen LogP contribution in [-0.2, 0) is 11.2 Å². The standard InChI is InChI=1S/C20H23FN6O3/c1-3-26-15-10-23-19(24-14-9-11(2)8-13(16(14)21)17(22)28)25-18(15)27(20(26)29)12-4-6-30-7-5-12/h8-10,12H,3-7H2,1-2H3,(H2,22,28)(H,23,24,25)/i1D3,3D2. The van der Waals surface area contributed by atoms with Gasteiger partial charge in [-0.3, -0.25) is 13.9 Å². The number of aryl methyl sites for hydroxylation is 2. The van der Waals surface area contributed by atoms with Crippen molar-refractivity contribution in [2.45, 2.75) is 39.2 Å². The van der Waals surface area contributed by atoms with Gasteiger partial charge in [-0.25, -0.2) is 14.2 Å². The van der Waals surface area contributed by atoms with Crippen molar-refractivity contribution < 1.29 is 20.8 Å². The molecule has 0 unspecified atom stereocenters. The molecule has 3 heterocycles. The van der Waals surface area contributed by atoms with Crippen LogP contribution in [0.2, 0.25) is 0 Å². The SMILES string of the molecule is [2H]C([2H])([2H])C([2H])([2H])n1c(=O)n(C2CCOCC2)c2nc(Nc3cc(C)cc(C(N)=O)c3F)ncc21. The summed E-state index contributed by atoms with van der Waals surface area (Å²) in [5.74, 6) is -2.02. The van der Waals surface area contributed by atoms with E-state index in [-0.39, 0.29) is 28.4 Å². The maximum Gasteiger partial charge on any atom is 0.330 e. The molecule has 0 atom stereocenters. The highest BCUT2D eigenvalue weighted by molar-refractivity contribution is 5.94. The van der Waals surface area contributed by atoms with E-state index in [1.807, 2.05) is 0 Å². The Morgan fingerprint density at radius 1 is 1.47 bits per heavy atom. The van der Waals surface area contributed by atoms with E-state index in [0.717, 1.165) is 6.20 Å². The molecule has 2 aromatic heterocycles. The van der Waals surface area contributed by atoms with Gasteiger partial charge in [0.2, 0.25) is 5.95 Å². The van der Waals surface area contributed by atoms with Gasteiger partial charge in [0.05, 0.1) is 17.4 Å². The second kappa shape index (κ2) is 7.86. The number of primary amides is 1. The number of aromatic nitrogens is 4. The summed E-state index contributed by atoms with van der Waals surface area (Å²) in [4.78, 5) is 33.3. The molecule has 3 aromatic rings. The number of halogens is 1. The molecule has 30 heavy (non-hydrogen) atoms. The lowest BCUT2D eigenvalue weighted by Crippen LogP contribution is -2.30. The lowest BCUT2D eigenvalue weighted by Gasteiger charge is -2.22. The van der Waals surface area contributed by atoms with Gasteiger partial charge in [-0.15, -0.1) is 0 Å². The molecule has 1 fully saturated rings. The Bertz CT molecular complexity index is 1360. The Kier molecular flexibility index (Phi) is 3.85. The van der Waals surface area contributed by atoms with Crippen molar-refractivity contribution in [1.82, 2.24) is 19.1 Å². The monoisotopic (exact) mass is 419 g/mol. The number of hydrogen-bond acceptors (Lipinski definition) is 6. The summed E-state index contributed by atoms with van der Waals surface area (Å²) in [6, 6.07) is 2.29. The largest absolute Gasteiger partial charge is 0.381 e. The Labute approximate surface area is 178 Å². The molecular weight excluding hydrogens is 391 g/mol. The molecule has 0 bridgehead atoms. The number of carbonyl (C=O) groups is 1. The average Bonchev–Trinajstić information content (AvgIpc) is 3.07. The maximum atomic E-state index is 14.8. The number of fused-ring (bicyclic) bond motifs is 1. The molecule has 9 nitrogen and oxygen atoms in total. The third-order valence-electron chi connectivity index (χ3n) is 5.01. The second-order valence-electron chi connectivity index (χ2n) is 7.01. The Balaban J connectivity index is 1.90. The highest BCUT2D eigenvalue weighted by Gasteiger charge is 2.24. The molecule has 4 rings (SSSR count). The van der Waals surface area contributed by atoms with Crippen LogP contribution >= 0.6 is 0 Å². The number of nitrogens with two attached hydrogens (primary N) is 1. The minimum Gasteiger partial charge on any atom is -0.381 e. The second-order valence-corrected chi connectivity index (χ2v) is 7.01. The highest BCUT2D eigenvalue weighted by Crippen LogP contribution is 2.26.